The lowest BCUT2D eigenvalue weighted by Gasteiger charge is -2.29. The van der Waals surface area contributed by atoms with Crippen molar-refractivity contribution in [1.29, 1.82) is 0 Å². The molecule has 1 aliphatic heterocycles. The number of anilines is 1. The number of para-hydroxylation sites is 2. The van der Waals surface area contributed by atoms with Crippen molar-refractivity contribution in [3.8, 4) is 0 Å². The van der Waals surface area contributed by atoms with Crippen LogP contribution in [0.2, 0.25) is 0 Å². The maximum Gasteiger partial charge on any atom is 0.193 e. The number of nitrogens with one attached hydrogen (secondary N) is 1. The number of piperidine rings is 1. The van der Waals surface area contributed by atoms with Gasteiger partial charge in [-0.15, -0.1) is 0 Å². The minimum atomic E-state index is 0.437. The number of rotatable bonds is 5. The Labute approximate surface area is 120 Å². The number of methoxy groups -OCH3 is 1. The highest BCUT2D eigenvalue weighted by Gasteiger charge is 2.13. The van der Waals surface area contributed by atoms with Crippen molar-refractivity contribution in [3.63, 3.8) is 0 Å². The molecule has 0 aliphatic carbocycles. The van der Waals surface area contributed by atoms with Gasteiger partial charge < -0.3 is 20.7 Å². The Kier molecular flexibility index (Phi) is 5.68. The Bertz CT molecular complexity index is 441. The molecule has 2 rings (SSSR count). The summed E-state index contributed by atoms with van der Waals surface area (Å²) in [5.41, 5.74) is 8.01. The highest BCUT2D eigenvalue weighted by atomic mass is 16.5. The zero-order chi connectivity index (χ0) is 14.2. The number of nitrogens with two attached hydrogens (primary N) is 1. The van der Waals surface area contributed by atoms with E-state index in [4.69, 9.17) is 10.5 Å². The van der Waals surface area contributed by atoms with Gasteiger partial charge in [0.25, 0.3) is 0 Å². The fourth-order valence-corrected chi connectivity index (χ4v) is 2.41. The van der Waals surface area contributed by atoms with E-state index in [0.717, 1.165) is 18.8 Å². The summed E-state index contributed by atoms with van der Waals surface area (Å²) in [6.45, 7) is 3.48. The molecule has 1 aliphatic rings. The van der Waals surface area contributed by atoms with E-state index < -0.39 is 0 Å². The van der Waals surface area contributed by atoms with E-state index in [2.05, 4.69) is 27.3 Å². The van der Waals surface area contributed by atoms with E-state index in [1.165, 1.54) is 24.9 Å². The van der Waals surface area contributed by atoms with E-state index in [0.29, 0.717) is 19.1 Å². The molecule has 1 aromatic rings. The molecule has 0 amide bonds. The molecule has 20 heavy (non-hydrogen) atoms. The Morgan fingerprint density at radius 3 is 2.80 bits per heavy atom. The third kappa shape index (κ3) is 4.13. The highest BCUT2D eigenvalue weighted by Crippen LogP contribution is 2.30. The fraction of sp³-hybridized carbons (Fsp3) is 0.533. The van der Waals surface area contributed by atoms with E-state index in [9.17, 15) is 0 Å². The smallest absolute Gasteiger partial charge is 0.193 e. The predicted molar refractivity (Wildman–Crippen MR) is 83.7 cm³/mol. The Balaban J connectivity index is 2.08. The molecule has 1 fully saturated rings. The number of hydrogen-bond donors (Lipinski definition) is 2. The standard InChI is InChI=1S/C15H24N4O/c1-20-12-9-17-15(16)18-13-7-3-4-8-14(13)19-10-5-2-6-11-19/h3-4,7-8H,2,5-6,9-12H2,1H3,(H3,16,17,18). The van der Waals surface area contributed by atoms with Crippen LogP contribution in [0.25, 0.3) is 0 Å². The van der Waals surface area contributed by atoms with Crippen molar-refractivity contribution in [3.05, 3.63) is 24.3 Å². The van der Waals surface area contributed by atoms with Gasteiger partial charge in [-0.1, -0.05) is 12.1 Å². The maximum absolute atomic E-state index is 5.91. The number of ether oxygens (including phenoxy) is 1. The minimum absolute atomic E-state index is 0.437. The minimum Gasteiger partial charge on any atom is -0.383 e. The molecular formula is C15H24N4O. The monoisotopic (exact) mass is 276 g/mol. The van der Waals surface area contributed by atoms with E-state index in [1.54, 1.807) is 7.11 Å². The van der Waals surface area contributed by atoms with Crippen LogP contribution in [-0.2, 0) is 4.74 Å². The van der Waals surface area contributed by atoms with Crippen LogP contribution in [0, 0.1) is 0 Å². The molecule has 0 saturated carbocycles. The van der Waals surface area contributed by atoms with Crippen LogP contribution in [0.4, 0.5) is 11.4 Å². The molecule has 3 N–H and O–H groups in total. The van der Waals surface area contributed by atoms with Gasteiger partial charge >= 0.3 is 0 Å². The summed E-state index contributed by atoms with van der Waals surface area (Å²) in [4.78, 5) is 6.89. The van der Waals surface area contributed by atoms with Gasteiger partial charge in [0.1, 0.15) is 0 Å². The summed E-state index contributed by atoms with van der Waals surface area (Å²) in [7, 11) is 1.67. The van der Waals surface area contributed by atoms with Crippen molar-refractivity contribution < 1.29 is 4.74 Å². The number of benzene rings is 1. The summed E-state index contributed by atoms with van der Waals surface area (Å²) in [6, 6.07) is 8.17. The van der Waals surface area contributed by atoms with Crippen molar-refractivity contribution >= 4 is 17.3 Å². The van der Waals surface area contributed by atoms with Crippen LogP contribution in [0.5, 0.6) is 0 Å². The summed E-state index contributed by atoms with van der Waals surface area (Å²) in [6.07, 6.45) is 3.82. The molecule has 0 radical (unpaired) electrons. The van der Waals surface area contributed by atoms with E-state index in [-0.39, 0.29) is 0 Å². The van der Waals surface area contributed by atoms with Crippen molar-refractivity contribution in [2.75, 3.05) is 38.3 Å². The van der Waals surface area contributed by atoms with Crippen LogP contribution in [0.15, 0.2) is 29.3 Å². The molecule has 1 saturated heterocycles. The van der Waals surface area contributed by atoms with E-state index in [1.807, 2.05) is 12.1 Å². The average molecular weight is 276 g/mol. The summed E-state index contributed by atoms with van der Waals surface area (Å²) >= 11 is 0. The lowest BCUT2D eigenvalue weighted by molar-refractivity contribution is 0.204. The van der Waals surface area contributed by atoms with Crippen molar-refractivity contribution in [2.45, 2.75) is 19.3 Å². The summed E-state index contributed by atoms with van der Waals surface area (Å²) in [5.74, 6) is 0.437. The molecule has 0 atom stereocenters. The zero-order valence-electron chi connectivity index (χ0n) is 12.1. The van der Waals surface area contributed by atoms with Gasteiger partial charge in [0.05, 0.1) is 18.0 Å². The van der Waals surface area contributed by atoms with Gasteiger partial charge in [0, 0.05) is 26.7 Å². The number of aliphatic imine (C=N–C) groups is 1. The molecule has 1 aromatic carbocycles. The molecule has 110 valence electrons. The molecule has 0 unspecified atom stereocenters. The van der Waals surface area contributed by atoms with Crippen LogP contribution in [-0.4, -0.2) is 39.3 Å². The first-order valence-corrected chi connectivity index (χ1v) is 7.22. The second-order valence-electron chi connectivity index (χ2n) is 4.95. The molecular weight excluding hydrogens is 252 g/mol. The van der Waals surface area contributed by atoms with Crippen LogP contribution in [0.3, 0.4) is 0 Å². The average Bonchev–Trinajstić information content (AvgIpc) is 2.49. The van der Waals surface area contributed by atoms with Gasteiger partial charge in [-0.25, -0.2) is 4.99 Å². The van der Waals surface area contributed by atoms with Crippen molar-refractivity contribution in [1.82, 2.24) is 5.32 Å². The van der Waals surface area contributed by atoms with Gasteiger partial charge in [-0.3, -0.25) is 0 Å². The SMILES string of the molecule is COCCN/C(N)=N/c1ccccc1N1CCCCC1. The number of hydrogen-bond acceptors (Lipinski definition) is 3. The predicted octanol–water partition coefficient (Wildman–Crippen LogP) is 1.86. The summed E-state index contributed by atoms with van der Waals surface area (Å²) in [5, 5.41) is 3.05. The highest BCUT2D eigenvalue weighted by molar-refractivity contribution is 5.83. The maximum atomic E-state index is 5.91. The second-order valence-corrected chi connectivity index (χ2v) is 4.95. The van der Waals surface area contributed by atoms with Crippen LogP contribution in [0.1, 0.15) is 19.3 Å². The molecule has 5 heteroatoms. The van der Waals surface area contributed by atoms with E-state index >= 15 is 0 Å². The number of nitrogens with zero attached hydrogens (tertiary/aromatic N) is 2. The van der Waals surface area contributed by atoms with Gasteiger partial charge in [0.2, 0.25) is 0 Å². The normalized spacial score (nSPS) is 16.2. The molecule has 5 nitrogen and oxygen atoms in total. The van der Waals surface area contributed by atoms with Gasteiger partial charge in [-0.05, 0) is 31.4 Å². The molecule has 0 bridgehead atoms. The first-order valence-electron chi connectivity index (χ1n) is 7.22. The zero-order valence-corrected chi connectivity index (χ0v) is 12.1. The Morgan fingerprint density at radius 1 is 1.30 bits per heavy atom. The van der Waals surface area contributed by atoms with Crippen LogP contribution >= 0.6 is 0 Å². The first-order chi connectivity index (χ1) is 9.81. The largest absolute Gasteiger partial charge is 0.383 e. The second kappa shape index (κ2) is 7.75. The fourth-order valence-electron chi connectivity index (χ4n) is 2.41. The Morgan fingerprint density at radius 2 is 2.05 bits per heavy atom. The Hall–Kier alpha value is -1.75. The van der Waals surface area contributed by atoms with Crippen molar-refractivity contribution in [2.24, 2.45) is 10.7 Å². The molecule has 0 aromatic heterocycles. The number of guanidine groups is 1. The van der Waals surface area contributed by atoms with Gasteiger partial charge in [-0.2, -0.15) is 0 Å². The van der Waals surface area contributed by atoms with Crippen LogP contribution < -0.4 is 16.0 Å². The third-order valence-corrected chi connectivity index (χ3v) is 3.43. The molecule has 1 heterocycles. The third-order valence-electron chi connectivity index (χ3n) is 3.43. The van der Waals surface area contributed by atoms with Gasteiger partial charge in [0.15, 0.2) is 5.96 Å². The quantitative estimate of drug-likeness (QED) is 0.489. The lowest BCUT2D eigenvalue weighted by atomic mass is 10.1. The first kappa shape index (κ1) is 14.7. The summed E-state index contributed by atoms with van der Waals surface area (Å²) < 4.78 is 4.98. The lowest BCUT2D eigenvalue weighted by Crippen LogP contribution is -2.34. The molecule has 0 spiro atoms. The topological polar surface area (TPSA) is 62.9 Å².